The van der Waals surface area contributed by atoms with E-state index in [1.807, 2.05) is 0 Å². The lowest BCUT2D eigenvalue weighted by molar-refractivity contribution is -0.143. The normalized spacial score (nSPS) is 41.1. The third-order valence-corrected chi connectivity index (χ3v) is 4.82. The lowest BCUT2D eigenvalue weighted by atomic mass is 10.00. The molecule has 3 fully saturated rings. The largest absolute Gasteiger partial charge is 0.317 e. The maximum atomic E-state index is 12.4. The fourth-order valence-corrected chi connectivity index (χ4v) is 3.92. The van der Waals surface area contributed by atoms with Gasteiger partial charge in [0.2, 0.25) is 11.8 Å². The van der Waals surface area contributed by atoms with Crippen molar-refractivity contribution in [1.29, 1.82) is 0 Å². The summed E-state index contributed by atoms with van der Waals surface area (Å²) in [5.74, 6) is 0.792. The van der Waals surface area contributed by atoms with Crippen LogP contribution in [0.3, 0.4) is 0 Å². The molecule has 3 unspecified atom stereocenters. The first-order valence-corrected chi connectivity index (χ1v) is 7.26. The van der Waals surface area contributed by atoms with E-state index in [2.05, 4.69) is 12.2 Å². The van der Waals surface area contributed by atoms with E-state index in [0.29, 0.717) is 5.92 Å². The lowest BCUT2D eigenvalue weighted by Gasteiger charge is -2.26. The molecular weight excluding hydrogens is 228 g/mol. The molecule has 2 aliphatic heterocycles. The second-order valence-corrected chi connectivity index (χ2v) is 6.17. The molecule has 1 aliphatic carbocycles. The average molecular weight is 250 g/mol. The number of amides is 2. The van der Waals surface area contributed by atoms with Crippen LogP contribution in [0.25, 0.3) is 0 Å². The molecule has 2 amide bonds. The van der Waals surface area contributed by atoms with Gasteiger partial charge in [0, 0.05) is 6.04 Å². The van der Waals surface area contributed by atoms with Crippen molar-refractivity contribution < 1.29 is 9.59 Å². The van der Waals surface area contributed by atoms with Crippen LogP contribution in [0.15, 0.2) is 0 Å². The van der Waals surface area contributed by atoms with Crippen LogP contribution in [0.5, 0.6) is 0 Å². The molecule has 3 rings (SSSR count). The summed E-state index contributed by atoms with van der Waals surface area (Å²) in [5.41, 5.74) is 0. The van der Waals surface area contributed by atoms with Gasteiger partial charge < -0.3 is 5.32 Å². The highest BCUT2D eigenvalue weighted by Gasteiger charge is 2.53. The molecule has 0 radical (unpaired) electrons. The summed E-state index contributed by atoms with van der Waals surface area (Å²) in [6.45, 7) is 4.09. The quantitative estimate of drug-likeness (QED) is 0.710. The Morgan fingerprint density at radius 1 is 1.06 bits per heavy atom. The van der Waals surface area contributed by atoms with Crippen LogP contribution in [-0.2, 0) is 9.59 Å². The van der Waals surface area contributed by atoms with Crippen molar-refractivity contribution in [1.82, 2.24) is 10.2 Å². The molecule has 3 aliphatic rings. The Hall–Kier alpha value is -0.900. The highest BCUT2D eigenvalue weighted by atomic mass is 16.2. The molecule has 18 heavy (non-hydrogen) atoms. The maximum Gasteiger partial charge on any atom is 0.233 e. The molecule has 1 N–H and O–H groups in total. The van der Waals surface area contributed by atoms with Crippen LogP contribution >= 0.6 is 0 Å². The van der Waals surface area contributed by atoms with Crippen LogP contribution in [0, 0.1) is 17.8 Å². The van der Waals surface area contributed by atoms with Crippen LogP contribution in [-0.4, -0.2) is 35.8 Å². The van der Waals surface area contributed by atoms with E-state index >= 15 is 0 Å². The van der Waals surface area contributed by atoms with Gasteiger partial charge in [-0.3, -0.25) is 14.5 Å². The molecule has 0 aromatic carbocycles. The van der Waals surface area contributed by atoms with Gasteiger partial charge in [-0.05, 0) is 51.1 Å². The first-order chi connectivity index (χ1) is 8.68. The summed E-state index contributed by atoms with van der Waals surface area (Å²) in [5, 5.41) is 3.34. The van der Waals surface area contributed by atoms with Gasteiger partial charge in [0.25, 0.3) is 0 Å². The summed E-state index contributed by atoms with van der Waals surface area (Å²) in [6.07, 6.45) is 4.78. The average Bonchev–Trinajstić information content (AvgIpc) is 2.69. The highest BCUT2D eigenvalue weighted by molar-refractivity contribution is 6.05. The Kier molecular flexibility index (Phi) is 3.14. The van der Waals surface area contributed by atoms with E-state index in [1.165, 1.54) is 0 Å². The molecule has 0 bridgehead atoms. The van der Waals surface area contributed by atoms with Crippen LogP contribution in [0.2, 0.25) is 0 Å². The fourth-order valence-electron chi connectivity index (χ4n) is 3.92. The first-order valence-electron chi connectivity index (χ1n) is 7.26. The van der Waals surface area contributed by atoms with Crippen molar-refractivity contribution in [3.63, 3.8) is 0 Å². The van der Waals surface area contributed by atoms with Crippen molar-refractivity contribution in [3.05, 3.63) is 0 Å². The zero-order chi connectivity index (χ0) is 12.7. The minimum absolute atomic E-state index is 0.00344. The SMILES string of the molecule is CC1CC2C(=O)N(C3CCCNCC3)C(=O)C2C1. The maximum absolute atomic E-state index is 12.4. The molecule has 2 heterocycles. The topological polar surface area (TPSA) is 49.4 Å². The standard InChI is InChI=1S/C14H22N2O2/c1-9-7-11-12(8-9)14(18)16(13(11)17)10-3-2-5-15-6-4-10/h9-12,15H,2-8H2,1H3. The van der Waals surface area contributed by atoms with Crippen molar-refractivity contribution >= 4 is 11.8 Å². The van der Waals surface area contributed by atoms with Gasteiger partial charge in [-0.15, -0.1) is 0 Å². The van der Waals surface area contributed by atoms with E-state index < -0.39 is 0 Å². The summed E-state index contributed by atoms with van der Waals surface area (Å²) >= 11 is 0. The Labute approximate surface area is 108 Å². The Bertz CT molecular complexity index is 337. The lowest BCUT2D eigenvalue weighted by Crippen LogP contribution is -2.41. The number of imide groups is 1. The predicted molar refractivity (Wildman–Crippen MR) is 67.7 cm³/mol. The monoisotopic (exact) mass is 250 g/mol. The molecule has 0 aromatic heterocycles. The minimum Gasteiger partial charge on any atom is -0.317 e. The van der Waals surface area contributed by atoms with Crippen LogP contribution in [0.1, 0.15) is 39.0 Å². The van der Waals surface area contributed by atoms with Crippen LogP contribution < -0.4 is 5.32 Å². The van der Waals surface area contributed by atoms with Gasteiger partial charge in [-0.1, -0.05) is 6.92 Å². The van der Waals surface area contributed by atoms with E-state index in [1.54, 1.807) is 4.90 Å². The molecule has 3 atom stereocenters. The number of nitrogens with zero attached hydrogens (tertiary/aromatic N) is 1. The van der Waals surface area contributed by atoms with Gasteiger partial charge in [-0.2, -0.15) is 0 Å². The smallest absolute Gasteiger partial charge is 0.233 e. The Morgan fingerprint density at radius 2 is 1.72 bits per heavy atom. The molecule has 2 saturated heterocycles. The highest BCUT2D eigenvalue weighted by Crippen LogP contribution is 2.44. The number of nitrogens with one attached hydrogen (secondary N) is 1. The molecular formula is C14H22N2O2. The number of carbonyl (C=O) groups excluding carboxylic acids is 2. The van der Waals surface area contributed by atoms with Gasteiger partial charge >= 0.3 is 0 Å². The second kappa shape index (κ2) is 4.65. The number of hydrogen-bond acceptors (Lipinski definition) is 3. The predicted octanol–water partition coefficient (Wildman–Crippen LogP) is 1.16. The third kappa shape index (κ3) is 1.87. The summed E-state index contributed by atoms with van der Waals surface area (Å²) in [6, 6.07) is 0.154. The van der Waals surface area contributed by atoms with Crippen LogP contribution in [0.4, 0.5) is 0 Å². The number of likely N-dealkylation sites (tertiary alicyclic amines) is 1. The van der Waals surface area contributed by atoms with Gasteiger partial charge in [0.15, 0.2) is 0 Å². The zero-order valence-corrected chi connectivity index (χ0v) is 11.0. The molecule has 4 heteroatoms. The fraction of sp³-hybridized carbons (Fsp3) is 0.857. The second-order valence-electron chi connectivity index (χ2n) is 6.17. The van der Waals surface area contributed by atoms with Gasteiger partial charge in [0.05, 0.1) is 11.8 Å². The molecule has 100 valence electrons. The van der Waals surface area contributed by atoms with Crippen molar-refractivity contribution in [2.75, 3.05) is 13.1 Å². The molecule has 0 spiro atoms. The number of hydrogen-bond donors (Lipinski definition) is 1. The van der Waals surface area contributed by atoms with E-state index in [0.717, 1.165) is 45.2 Å². The van der Waals surface area contributed by atoms with E-state index in [-0.39, 0.29) is 29.7 Å². The first kappa shape index (κ1) is 12.2. The summed E-state index contributed by atoms with van der Waals surface area (Å²) in [7, 11) is 0. The summed E-state index contributed by atoms with van der Waals surface area (Å²) in [4.78, 5) is 26.5. The van der Waals surface area contributed by atoms with E-state index in [9.17, 15) is 9.59 Å². The van der Waals surface area contributed by atoms with Crippen molar-refractivity contribution in [3.8, 4) is 0 Å². The Balaban J connectivity index is 1.77. The Morgan fingerprint density at radius 3 is 2.39 bits per heavy atom. The van der Waals surface area contributed by atoms with Crippen molar-refractivity contribution in [2.45, 2.75) is 45.1 Å². The number of fused-ring (bicyclic) bond motifs is 1. The third-order valence-electron chi connectivity index (χ3n) is 4.82. The number of rotatable bonds is 1. The minimum atomic E-state index is 0.00344. The number of carbonyl (C=O) groups is 2. The van der Waals surface area contributed by atoms with Crippen molar-refractivity contribution in [2.24, 2.45) is 17.8 Å². The zero-order valence-electron chi connectivity index (χ0n) is 11.0. The van der Waals surface area contributed by atoms with Gasteiger partial charge in [0.1, 0.15) is 0 Å². The van der Waals surface area contributed by atoms with E-state index in [4.69, 9.17) is 0 Å². The summed E-state index contributed by atoms with van der Waals surface area (Å²) < 4.78 is 0. The molecule has 0 aromatic rings. The van der Waals surface area contributed by atoms with Gasteiger partial charge in [-0.25, -0.2) is 0 Å². The molecule has 1 saturated carbocycles. The molecule has 4 nitrogen and oxygen atoms in total.